The third-order valence-corrected chi connectivity index (χ3v) is 3.33. The van der Waals surface area contributed by atoms with Crippen molar-refractivity contribution < 1.29 is 19.1 Å². The molecule has 1 amide bonds. The maximum Gasteiger partial charge on any atom is 0.339 e. The summed E-state index contributed by atoms with van der Waals surface area (Å²) in [4.78, 5) is 22.8. The lowest BCUT2D eigenvalue weighted by atomic mass is 9.81. The van der Waals surface area contributed by atoms with Crippen LogP contribution in [0.3, 0.4) is 0 Å². The quantitative estimate of drug-likeness (QED) is 0.878. The molecule has 0 aliphatic heterocycles. The molecule has 0 radical (unpaired) electrons. The molecule has 2 N–H and O–H groups in total. The van der Waals surface area contributed by atoms with Gasteiger partial charge < -0.3 is 14.8 Å². The molecule has 1 rings (SSSR count). The Balaban J connectivity index is 2.65. The highest BCUT2D eigenvalue weighted by Crippen LogP contribution is 2.25. The first-order valence-electron chi connectivity index (χ1n) is 6.23. The number of nitrogens with one attached hydrogen (secondary N) is 1. The molecule has 0 saturated carbocycles. The second kappa shape index (κ2) is 5.47. The van der Waals surface area contributed by atoms with E-state index in [2.05, 4.69) is 5.32 Å². The third-order valence-electron chi connectivity index (χ3n) is 3.33. The van der Waals surface area contributed by atoms with Crippen molar-refractivity contribution in [3.05, 3.63) is 23.2 Å². The number of carbonyl (C=O) groups is 2. The second-order valence-corrected chi connectivity index (χ2v) is 5.79. The fourth-order valence-electron chi connectivity index (χ4n) is 1.56. The number of hydrogen-bond donors (Lipinski definition) is 2. The predicted octanol–water partition coefficient (Wildman–Crippen LogP) is 2.58. The summed E-state index contributed by atoms with van der Waals surface area (Å²) in [6.07, 6.45) is 0. The summed E-state index contributed by atoms with van der Waals surface area (Å²) in [5.41, 5.74) is 0.0168. The van der Waals surface area contributed by atoms with Gasteiger partial charge in [0.2, 0.25) is 5.91 Å². The van der Waals surface area contributed by atoms with Crippen LogP contribution in [0.4, 0.5) is 0 Å². The molecule has 0 spiro atoms. The van der Waals surface area contributed by atoms with Crippen LogP contribution in [0.2, 0.25) is 0 Å². The highest BCUT2D eigenvalue weighted by Gasteiger charge is 2.26. The van der Waals surface area contributed by atoms with Crippen molar-refractivity contribution >= 4 is 11.9 Å². The molecule has 19 heavy (non-hydrogen) atoms. The van der Waals surface area contributed by atoms with Gasteiger partial charge in [0.1, 0.15) is 17.1 Å². The van der Waals surface area contributed by atoms with E-state index in [-0.39, 0.29) is 29.3 Å². The monoisotopic (exact) mass is 267 g/mol. The van der Waals surface area contributed by atoms with Gasteiger partial charge in [-0.2, -0.15) is 0 Å². The van der Waals surface area contributed by atoms with Crippen LogP contribution in [0.5, 0.6) is 0 Å². The number of rotatable bonds is 4. The Morgan fingerprint density at radius 1 is 1.42 bits per heavy atom. The van der Waals surface area contributed by atoms with Crippen molar-refractivity contribution in [2.75, 3.05) is 0 Å². The zero-order chi connectivity index (χ0) is 14.8. The number of furan rings is 1. The number of aromatic carboxylic acids is 1. The molecule has 0 aliphatic carbocycles. The first-order valence-corrected chi connectivity index (χ1v) is 6.23. The van der Waals surface area contributed by atoms with E-state index in [1.165, 1.54) is 6.07 Å². The summed E-state index contributed by atoms with van der Waals surface area (Å²) >= 11 is 0. The van der Waals surface area contributed by atoms with Gasteiger partial charge in [-0.15, -0.1) is 0 Å². The van der Waals surface area contributed by atoms with Gasteiger partial charge in [0, 0.05) is 5.92 Å². The van der Waals surface area contributed by atoms with Crippen LogP contribution in [-0.2, 0) is 11.3 Å². The van der Waals surface area contributed by atoms with Crippen LogP contribution in [0.15, 0.2) is 10.5 Å². The molecular weight excluding hydrogens is 246 g/mol. The van der Waals surface area contributed by atoms with E-state index in [0.29, 0.717) is 11.5 Å². The summed E-state index contributed by atoms with van der Waals surface area (Å²) in [6.45, 7) is 9.65. The first kappa shape index (κ1) is 15.3. The maximum atomic E-state index is 11.9. The fraction of sp³-hybridized carbons (Fsp3) is 0.571. The average molecular weight is 267 g/mol. The van der Waals surface area contributed by atoms with Crippen LogP contribution in [0, 0.1) is 18.3 Å². The smallest absolute Gasteiger partial charge is 0.339 e. The van der Waals surface area contributed by atoms with E-state index >= 15 is 0 Å². The molecule has 0 fully saturated rings. The molecule has 5 heteroatoms. The van der Waals surface area contributed by atoms with Crippen LogP contribution in [0.25, 0.3) is 0 Å². The highest BCUT2D eigenvalue weighted by atomic mass is 16.4. The normalized spacial score (nSPS) is 13.1. The van der Waals surface area contributed by atoms with Crippen molar-refractivity contribution in [3.8, 4) is 0 Å². The Morgan fingerprint density at radius 3 is 2.42 bits per heavy atom. The Kier molecular flexibility index (Phi) is 4.39. The van der Waals surface area contributed by atoms with Gasteiger partial charge >= 0.3 is 5.97 Å². The van der Waals surface area contributed by atoms with E-state index in [1.807, 2.05) is 27.7 Å². The van der Waals surface area contributed by atoms with Gasteiger partial charge in [0.15, 0.2) is 0 Å². The Labute approximate surface area is 113 Å². The number of hydrogen-bond acceptors (Lipinski definition) is 3. The summed E-state index contributed by atoms with van der Waals surface area (Å²) in [5.74, 6) is -0.437. The topological polar surface area (TPSA) is 79.5 Å². The molecule has 1 aromatic heterocycles. The van der Waals surface area contributed by atoms with E-state index < -0.39 is 5.97 Å². The van der Waals surface area contributed by atoms with E-state index in [1.54, 1.807) is 6.92 Å². The van der Waals surface area contributed by atoms with E-state index in [4.69, 9.17) is 9.52 Å². The zero-order valence-electron chi connectivity index (χ0n) is 12.0. The van der Waals surface area contributed by atoms with Gasteiger partial charge in [-0.05, 0) is 18.4 Å². The van der Waals surface area contributed by atoms with Crippen molar-refractivity contribution in [2.24, 2.45) is 11.3 Å². The van der Waals surface area contributed by atoms with Crippen molar-refractivity contribution in [2.45, 2.75) is 41.2 Å². The Morgan fingerprint density at radius 2 is 2.00 bits per heavy atom. The minimum atomic E-state index is -1.03. The molecule has 1 atom stereocenters. The standard InChI is InChI=1S/C14H21NO4/c1-8(14(3,4)5)12(16)15-7-10-6-11(13(17)18)9(2)19-10/h6,8H,7H2,1-5H3,(H,15,16)(H,17,18). The molecule has 106 valence electrons. The molecule has 0 aromatic carbocycles. The van der Waals surface area contributed by atoms with Gasteiger partial charge in [-0.1, -0.05) is 27.7 Å². The molecule has 5 nitrogen and oxygen atoms in total. The number of carbonyl (C=O) groups excluding carboxylic acids is 1. The summed E-state index contributed by atoms with van der Waals surface area (Å²) in [5, 5.41) is 11.7. The van der Waals surface area contributed by atoms with Crippen molar-refractivity contribution in [3.63, 3.8) is 0 Å². The lowest BCUT2D eigenvalue weighted by molar-refractivity contribution is -0.127. The summed E-state index contributed by atoms with van der Waals surface area (Å²) < 4.78 is 5.30. The molecule has 0 aliphatic rings. The van der Waals surface area contributed by atoms with Crippen molar-refractivity contribution in [1.82, 2.24) is 5.32 Å². The zero-order valence-corrected chi connectivity index (χ0v) is 12.0. The SMILES string of the molecule is Cc1oc(CNC(=O)C(C)C(C)(C)C)cc1C(=O)O. The fourth-order valence-corrected chi connectivity index (χ4v) is 1.56. The van der Waals surface area contributed by atoms with Crippen molar-refractivity contribution in [1.29, 1.82) is 0 Å². The molecule has 1 aromatic rings. The first-order chi connectivity index (χ1) is 8.62. The highest BCUT2D eigenvalue weighted by molar-refractivity contribution is 5.88. The van der Waals surface area contributed by atoms with Gasteiger partial charge in [-0.3, -0.25) is 4.79 Å². The van der Waals surface area contributed by atoms with E-state index in [0.717, 1.165) is 0 Å². The third kappa shape index (κ3) is 3.84. The van der Waals surface area contributed by atoms with Gasteiger partial charge in [0.25, 0.3) is 0 Å². The van der Waals surface area contributed by atoms with E-state index in [9.17, 15) is 9.59 Å². The van der Waals surface area contributed by atoms with Gasteiger partial charge in [0.05, 0.1) is 6.54 Å². The Bertz CT molecular complexity index is 482. The van der Waals surface area contributed by atoms with Gasteiger partial charge in [-0.25, -0.2) is 4.79 Å². The largest absolute Gasteiger partial charge is 0.478 e. The summed E-state index contributed by atoms with van der Waals surface area (Å²) in [6, 6.07) is 1.44. The molecular formula is C14H21NO4. The molecule has 0 bridgehead atoms. The number of carboxylic acid groups (broad SMARTS) is 1. The lowest BCUT2D eigenvalue weighted by Crippen LogP contribution is -2.35. The minimum absolute atomic E-state index is 0.0709. The van der Waals surface area contributed by atoms with Crippen LogP contribution >= 0.6 is 0 Å². The molecule has 1 heterocycles. The lowest BCUT2D eigenvalue weighted by Gasteiger charge is -2.25. The average Bonchev–Trinajstić information content (AvgIpc) is 2.65. The Hall–Kier alpha value is -1.78. The molecule has 1 unspecified atom stereocenters. The van der Waals surface area contributed by atoms with Crippen LogP contribution in [-0.4, -0.2) is 17.0 Å². The minimum Gasteiger partial charge on any atom is -0.478 e. The van der Waals surface area contributed by atoms with Crippen LogP contribution < -0.4 is 5.32 Å². The number of amides is 1. The summed E-state index contributed by atoms with van der Waals surface area (Å²) in [7, 11) is 0. The molecule has 0 saturated heterocycles. The van der Waals surface area contributed by atoms with Crippen LogP contribution in [0.1, 0.15) is 49.6 Å². The predicted molar refractivity (Wildman–Crippen MR) is 70.9 cm³/mol. The maximum absolute atomic E-state index is 11.9. The number of aryl methyl sites for hydroxylation is 1. The second-order valence-electron chi connectivity index (χ2n) is 5.79. The number of carboxylic acids is 1.